The number of nitrogens with one attached hydrogen (secondary N) is 1. The summed E-state index contributed by atoms with van der Waals surface area (Å²) in [5.74, 6) is 0.309. The zero-order valence-corrected chi connectivity index (χ0v) is 23.8. The second kappa shape index (κ2) is 13.0. The Morgan fingerprint density at radius 1 is 1.13 bits per heavy atom. The normalized spacial score (nSPS) is 15.5. The number of carbonyl (C=O) groups excluding carboxylic acids is 1. The maximum atomic E-state index is 12.9. The molecule has 1 amide bonds. The van der Waals surface area contributed by atoms with Crippen LogP contribution in [0.5, 0.6) is 11.5 Å². The fourth-order valence-corrected chi connectivity index (χ4v) is 6.82. The lowest BCUT2D eigenvalue weighted by Crippen LogP contribution is -2.50. The molecule has 3 rings (SSSR count). The maximum absolute atomic E-state index is 12.9. The van der Waals surface area contributed by atoms with Gasteiger partial charge >= 0.3 is 0 Å². The summed E-state index contributed by atoms with van der Waals surface area (Å²) in [5.41, 5.74) is 0.240. The van der Waals surface area contributed by atoms with E-state index in [9.17, 15) is 21.6 Å². The molecule has 1 atom stereocenters. The van der Waals surface area contributed by atoms with Gasteiger partial charge in [-0.3, -0.25) is 9.10 Å². The van der Waals surface area contributed by atoms with Crippen molar-refractivity contribution in [3.05, 3.63) is 47.5 Å². The minimum absolute atomic E-state index is 0.0883. The number of nitrogens with zero attached hydrogens (tertiary/aromatic N) is 2. The zero-order valence-electron chi connectivity index (χ0n) is 21.4. The third-order valence-corrected chi connectivity index (χ3v) is 9.21. The number of hydrogen-bond acceptors (Lipinski definition) is 8. The van der Waals surface area contributed by atoms with Crippen molar-refractivity contribution in [2.45, 2.75) is 24.3 Å². The molecule has 1 heterocycles. The minimum Gasteiger partial charge on any atom is -0.495 e. The number of rotatable bonds is 12. The summed E-state index contributed by atoms with van der Waals surface area (Å²) in [5, 5.41) is 2.91. The molecular weight excluding hydrogens is 558 g/mol. The number of benzene rings is 2. The van der Waals surface area contributed by atoms with Crippen molar-refractivity contribution < 1.29 is 35.8 Å². The Morgan fingerprint density at radius 2 is 1.79 bits per heavy atom. The van der Waals surface area contributed by atoms with Crippen molar-refractivity contribution in [3.8, 4) is 11.5 Å². The first kappa shape index (κ1) is 30.0. The van der Waals surface area contributed by atoms with Crippen molar-refractivity contribution >= 4 is 43.2 Å². The number of carbonyl (C=O) groups is 1. The van der Waals surface area contributed by atoms with Gasteiger partial charge in [0.25, 0.3) is 0 Å². The molecule has 0 unspecified atom stereocenters. The number of methoxy groups -OCH3 is 1. The SMILES string of the molecule is CC[C@H](C(=O)NCCOc1ccc(S(=O)(=O)N2CCOCC2)cc1)N(c1ccc(OC)c(Cl)c1)S(C)(=O)=O. The van der Waals surface area contributed by atoms with Crippen LogP contribution >= 0.6 is 11.6 Å². The lowest BCUT2D eigenvalue weighted by Gasteiger charge is -2.30. The van der Waals surface area contributed by atoms with Crippen molar-refractivity contribution in [1.29, 1.82) is 0 Å². The maximum Gasteiger partial charge on any atom is 0.244 e. The van der Waals surface area contributed by atoms with E-state index in [-0.39, 0.29) is 35.2 Å². The van der Waals surface area contributed by atoms with Gasteiger partial charge in [0.15, 0.2) is 0 Å². The molecule has 0 aromatic heterocycles. The highest BCUT2D eigenvalue weighted by molar-refractivity contribution is 7.92. The summed E-state index contributed by atoms with van der Waals surface area (Å²) in [7, 11) is -5.99. The molecular formula is C24H32ClN3O8S2. The Labute approximate surface area is 228 Å². The molecule has 0 radical (unpaired) electrons. The van der Waals surface area contributed by atoms with Crippen molar-refractivity contribution in [1.82, 2.24) is 9.62 Å². The third-order valence-electron chi connectivity index (χ3n) is 5.82. The van der Waals surface area contributed by atoms with Crippen LogP contribution in [0, 0.1) is 0 Å². The highest BCUT2D eigenvalue weighted by Gasteiger charge is 2.32. The predicted octanol–water partition coefficient (Wildman–Crippen LogP) is 2.11. The first-order valence-electron chi connectivity index (χ1n) is 11.9. The summed E-state index contributed by atoms with van der Waals surface area (Å²) < 4.78 is 69.0. The smallest absolute Gasteiger partial charge is 0.244 e. The van der Waals surface area contributed by atoms with Crippen molar-refractivity contribution in [2.24, 2.45) is 0 Å². The number of halogens is 1. The van der Waals surface area contributed by atoms with Crippen LogP contribution in [0.25, 0.3) is 0 Å². The largest absolute Gasteiger partial charge is 0.495 e. The molecule has 1 aliphatic rings. The van der Waals surface area contributed by atoms with Gasteiger partial charge in [-0.05, 0) is 48.9 Å². The molecule has 1 fully saturated rings. The number of anilines is 1. The average molecular weight is 590 g/mol. The molecule has 1 aliphatic heterocycles. The van der Waals surface area contributed by atoms with E-state index < -0.39 is 32.0 Å². The van der Waals surface area contributed by atoms with Gasteiger partial charge in [-0.2, -0.15) is 4.31 Å². The zero-order chi connectivity index (χ0) is 27.9. The molecule has 2 aromatic carbocycles. The van der Waals surface area contributed by atoms with E-state index in [1.54, 1.807) is 19.1 Å². The second-order valence-corrected chi connectivity index (χ2v) is 12.6. The second-order valence-electron chi connectivity index (χ2n) is 8.43. The van der Waals surface area contributed by atoms with E-state index in [4.69, 9.17) is 25.8 Å². The molecule has 0 bridgehead atoms. The Morgan fingerprint density at radius 3 is 2.34 bits per heavy atom. The van der Waals surface area contributed by atoms with E-state index >= 15 is 0 Å². The van der Waals surface area contributed by atoms with Gasteiger partial charge in [-0.1, -0.05) is 18.5 Å². The molecule has 14 heteroatoms. The number of morpholine rings is 1. The van der Waals surface area contributed by atoms with Crippen LogP contribution in [0.15, 0.2) is 47.4 Å². The van der Waals surface area contributed by atoms with Crippen LogP contribution in [0.4, 0.5) is 5.69 Å². The van der Waals surface area contributed by atoms with E-state index in [0.29, 0.717) is 37.8 Å². The fourth-order valence-electron chi connectivity index (χ4n) is 3.96. The van der Waals surface area contributed by atoms with Crippen molar-refractivity contribution in [3.63, 3.8) is 0 Å². The summed E-state index contributed by atoms with van der Waals surface area (Å²) in [6.45, 7) is 3.23. The first-order valence-corrected chi connectivity index (χ1v) is 15.6. The molecule has 1 N–H and O–H groups in total. The lowest BCUT2D eigenvalue weighted by atomic mass is 10.2. The number of hydrogen-bond donors (Lipinski definition) is 1. The van der Waals surface area contributed by atoms with Crippen LogP contribution in [-0.2, 0) is 29.6 Å². The van der Waals surface area contributed by atoms with Gasteiger partial charge in [0, 0.05) is 13.1 Å². The molecule has 38 heavy (non-hydrogen) atoms. The van der Waals surface area contributed by atoms with Crippen LogP contribution in [-0.4, -0.2) is 85.9 Å². The monoisotopic (exact) mass is 589 g/mol. The number of sulfonamides is 2. The van der Waals surface area contributed by atoms with E-state index in [0.717, 1.165) is 10.6 Å². The summed E-state index contributed by atoms with van der Waals surface area (Å²) in [6.07, 6.45) is 1.23. The first-order chi connectivity index (χ1) is 18.0. The molecule has 0 spiro atoms. The van der Waals surface area contributed by atoms with Crippen LogP contribution in [0.1, 0.15) is 13.3 Å². The molecule has 210 valence electrons. The minimum atomic E-state index is -3.83. The molecule has 2 aromatic rings. The van der Waals surface area contributed by atoms with E-state index in [1.807, 2.05) is 0 Å². The predicted molar refractivity (Wildman–Crippen MR) is 144 cm³/mol. The topological polar surface area (TPSA) is 132 Å². The summed E-state index contributed by atoms with van der Waals surface area (Å²) >= 11 is 6.18. The van der Waals surface area contributed by atoms with Gasteiger partial charge in [0.05, 0.1) is 48.7 Å². The van der Waals surface area contributed by atoms with Gasteiger partial charge < -0.3 is 19.5 Å². The Bertz CT molecular complexity index is 1310. The van der Waals surface area contributed by atoms with Crippen molar-refractivity contribution in [2.75, 3.05) is 57.1 Å². The molecule has 1 saturated heterocycles. The molecule has 11 nitrogen and oxygen atoms in total. The Kier molecular flexibility index (Phi) is 10.2. The van der Waals surface area contributed by atoms with Crippen LogP contribution in [0.2, 0.25) is 5.02 Å². The van der Waals surface area contributed by atoms with Crippen LogP contribution in [0.3, 0.4) is 0 Å². The quantitative estimate of drug-likeness (QED) is 0.372. The number of ether oxygens (including phenoxy) is 3. The summed E-state index contributed by atoms with van der Waals surface area (Å²) in [4.78, 5) is 13.1. The standard InChI is InChI=1S/C24H32ClN3O8S2/c1-4-22(28(37(3,30)31)18-5-10-23(34-2)21(25)17-18)24(29)26-11-14-36-19-6-8-20(9-7-19)38(32,33)27-12-15-35-16-13-27/h5-10,17,22H,4,11-16H2,1-3H3,(H,26,29)/t22-/m1/s1. The van der Waals surface area contributed by atoms with Crippen LogP contribution < -0.4 is 19.1 Å². The highest BCUT2D eigenvalue weighted by Crippen LogP contribution is 2.31. The summed E-state index contributed by atoms with van der Waals surface area (Å²) in [6, 6.07) is 9.50. The Balaban J connectivity index is 1.59. The van der Waals surface area contributed by atoms with Gasteiger partial charge in [0.1, 0.15) is 24.1 Å². The number of amides is 1. The van der Waals surface area contributed by atoms with E-state index in [2.05, 4.69) is 5.32 Å². The van der Waals surface area contributed by atoms with Gasteiger partial charge in [-0.15, -0.1) is 0 Å². The third kappa shape index (κ3) is 7.29. The average Bonchev–Trinajstić information content (AvgIpc) is 2.89. The lowest BCUT2D eigenvalue weighted by molar-refractivity contribution is -0.122. The molecule has 0 aliphatic carbocycles. The molecule has 0 saturated carbocycles. The van der Waals surface area contributed by atoms with E-state index in [1.165, 1.54) is 41.7 Å². The van der Waals surface area contributed by atoms with Gasteiger partial charge in [0.2, 0.25) is 26.0 Å². The Hall–Kier alpha value is -2.58. The fraction of sp³-hybridized carbons (Fsp3) is 0.458. The van der Waals surface area contributed by atoms with Gasteiger partial charge in [-0.25, -0.2) is 16.8 Å². The highest BCUT2D eigenvalue weighted by atomic mass is 35.5.